The van der Waals surface area contributed by atoms with Gasteiger partial charge in [0.25, 0.3) is 11.6 Å². The molecular formula is C16H15ClN4O3. The van der Waals surface area contributed by atoms with Crippen LogP contribution < -0.4 is 10.2 Å². The third-order valence-corrected chi connectivity index (χ3v) is 4.07. The molecule has 7 nitrogen and oxygen atoms in total. The molecule has 1 aliphatic heterocycles. The predicted molar refractivity (Wildman–Crippen MR) is 91.7 cm³/mol. The molecule has 1 aliphatic rings. The van der Waals surface area contributed by atoms with Gasteiger partial charge in [0.2, 0.25) is 0 Å². The zero-order chi connectivity index (χ0) is 17.1. The molecule has 0 aliphatic carbocycles. The monoisotopic (exact) mass is 346 g/mol. The standard InChI is InChI=1S/C16H15ClN4O3/c17-11-3-5-14(21(23)24)13(9-11)16(22)19-12-4-6-15(18-10-12)20-7-1-2-8-20/h3-6,9-10H,1-2,7-8H2,(H,19,22). The summed E-state index contributed by atoms with van der Waals surface area (Å²) < 4.78 is 0. The average molecular weight is 347 g/mol. The Kier molecular flexibility index (Phi) is 4.61. The minimum atomic E-state index is -0.611. The van der Waals surface area contributed by atoms with Crippen molar-refractivity contribution in [2.24, 2.45) is 0 Å². The van der Waals surface area contributed by atoms with Crippen molar-refractivity contribution >= 4 is 34.7 Å². The highest BCUT2D eigenvalue weighted by atomic mass is 35.5. The van der Waals surface area contributed by atoms with Crippen molar-refractivity contribution in [1.29, 1.82) is 0 Å². The summed E-state index contributed by atoms with van der Waals surface area (Å²) in [6, 6.07) is 7.43. The molecule has 8 heteroatoms. The summed E-state index contributed by atoms with van der Waals surface area (Å²) in [6.45, 7) is 1.96. The fourth-order valence-corrected chi connectivity index (χ4v) is 2.81. The number of nitrogens with zero attached hydrogens (tertiary/aromatic N) is 3. The Balaban J connectivity index is 1.77. The van der Waals surface area contributed by atoms with Crippen molar-refractivity contribution in [2.45, 2.75) is 12.8 Å². The average Bonchev–Trinajstić information content (AvgIpc) is 3.09. The minimum Gasteiger partial charge on any atom is -0.357 e. The molecule has 1 aromatic heterocycles. The summed E-state index contributed by atoms with van der Waals surface area (Å²) in [4.78, 5) is 29.3. The topological polar surface area (TPSA) is 88.4 Å². The number of benzene rings is 1. The normalized spacial score (nSPS) is 13.8. The number of aromatic nitrogens is 1. The molecule has 1 N–H and O–H groups in total. The molecule has 0 atom stereocenters. The van der Waals surface area contributed by atoms with Gasteiger partial charge in [0, 0.05) is 24.2 Å². The highest BCUT2D eigenvalue weighted by Crippen LogP contribution is 2.24. The number of nitrogens with one attached hydrogen (secondary N) is 1. The molecule has 124 valence electrons. The maximum atomic E-state index is 12.3. The second-order valence-corrected chi connectivity index (χ2v) is 5.91. The Bertz CT molecular complexity index is 773. The van der Waals surface area contributed by atoms with Crippen LogP contribution in [0.1, 0.15) is 23.2 Å². The maximum absolute atomic E-state index is 12.3. The van der Waals surface area contributed by atoms with Crippen LogP contribution >= 0.6 is 11.6 Å². The summed E-state index contributed by atoms with van der Waals surface area (Å²) >= 11 is 5.84. The molecule has 1 fully saturated rings. The Morgan fingerprint density at radius 1 is 1.25 bits per heavy atom. The van der Waals surface area contributed by atoms with Gasteiger partial charge in [-0.15, -0.1) is 0 Å². The van der Waals surface area contributed by atoms with E-state index < -0.39 is 10.8 Å². The second-order valence-electron chi connectivity index (χ2n) is 5.47. The van der Waals surface area contributed by atoms with Crippen molar-refractivity contribution in [3.63, 3.8) is 0 Å². The number of pyridine rings is 1. The van der Waals surface area contributed by atoms with E-state index in [1.807, 2.05) is 6.07 Å². The van der Waals surface area contributed by atoms with Crippen LogP contribution in [-0.2, 0) is 0 Å². The van der Waals surface area contributed by atoms with Gasteiger partial charge in [-0.25, -0.2) is 4.98 Å². The molecular weight excluding hydrogens is 332 g/mol. The van der Waals surface area contributed by atoms with Gasteiger partial charge >= 0.3 is 0 Å². The largest absolute Gasteiger partial charge is 0.357 e. The number of nitro benzene ring substituents is 1. The Morgan fingerprint density at radius 2 is 2.00 bits per heavy atom. The smallest absolute Gasteiger partial charge is 0.282 e. The van der Waals surface area contributed by atoms with Gasteiger partial charge in [-0.3, -0.25) is 14.9 Å². The van der Waals surface area contributed by atoms with E-state index in [4.69, 9.17) is 11.6 Å². The van der Waals surface area contributed by atoms with Crippen molar-refractivity contribution in [1.82, 2.24) is 4.98 Å². The van der Waals surface area contributed by atoms with Crippen LogP contribution in [0.4, 0.5) is 17.2 Å². The lowest BCUT2D eigenvalue weighted by molar-refractivity contribution is -0.385. The molecule has 0 saturated carbocycles. The van der Waals surface area contributed by atoms with Crippen LogP contribution in [0.3, 0.4) is 0 Å². The van der Waals surface area contributed by atoms with E-state index in [1.165, 1.54) is 18.2 Å². The Labute approximate surface area is 143 Å². The highest BCUT2D eigenvalue weighted by molar-refractivity contribution is 6.31. The quantitative estimate of drug-likeness (QED) is 0.676. The van der Waals surface area contributed by atoms with E-state index in [9.17, 15) is 14.9 Å². The van der Waals surface area contributed by atoms with Gasteiger partial charge in [-0.1, -0.05) is 11.6 Å². The van der Waals surface area contributed by atoms with E-state index >= 15 is 0 Å². The highest BCUT2D eigenvalue weighted by Gasteiger charge is 2.21. The van der Waals surface area contributed by atoms with Crippen LogP contribution in [0, 0.1) is 10.1 Å². The fourth-order valence-electron chi connectivity index (χ4n) is 2.64. The number of rotatable bonds is 4. The Morgan fingerprint density at radius 3 is 2.62 bits per heavy atom. The number of amides is 1. The van der Waals surface area contributed by atoms with Crippen LogP contribution in [0.5, 0.6) is 0 Å². The molecule has 3 rings (SSSR count). The fraction of sp³-hybridized carbons (Fsp3) is 0.250. The van der Waals surface area contributed by atoms with Crippen LogP contribution in [0.15, 0.2) is 36.5 Å². The number of nitro groups is 1. The summed E-state index contributed by atoms with van der Waals surface area (Å²) in [6.07, 6.45) is 3.85. The van der Waals surface area contributed by atoms with E-state index in [2.05, 4.69) is 15.2 Å². The minimum absolute atomic E-state index is 0.0869. The summed E-state index contributed by atoms with van der Waals surface area (Å²) in [5.74, 6) is 0.263. The zero-order valence-electron chi connectivity index (χ0n) is 12.7. The zero-order valence-corrected chi connectivity index (χ0v) is 13.5. The van der Waals surface area contributed by atoms with Crippen molar-refractivity contribution < 1.29 is 9.72 Å². The van der Waals surface area contributed by atoms with E-state index in [0.717, 1.165) is 31.7 Å². The van der Waals surface area contributed by atoms with Gasteiger partial charge in [0.1, 0.15) is 11.4 Å². The van der Waals surface area contributed by atoms with Crippen molar-refractivity contribution in [3.05, 3.63) is 57.2 Å². The van der Waals surface area contributed by atoms with Crippen LogP contribution in [0.25, 0.3) is 0 Å². The number of halogens is 1. The molecule has 1 saturated heterocycles. The van der Waals surface area contributed by atoms with Gasteiger partial charge in [0.15, 0.2) is 0 Å². The lowest BCUT2D eigenvalue weighted by Gasteiger charge is -2.16. The number of anilines is 2. The molecule has 0 radical (unpaired) electrons. The molecule has 1 aromatic carbocycles. The first-order valence-electron chi connectivity index (χ1n) is 7.51. The number of carbonyl (C=O) groups is 1. The summed E-state index contributed by atoms with van der Waals surface area (Å²) in [7, 11) is 0. The van der Waals surface area contributed by atoms with E-state index in [1.54, 1.807) is 12.3 Å². The molecule has 2 aromatic rings. The number of carbonyl (C=O) groups excluding carboxylic acids is 1. The second kappa shape index (κ2) is 6.84. The number of hydrogen-bond acceptors (Lipinski definition) is 5. The van der Waals surface area contributed by atoms with E-state index in [0.29, 0.717) is 5.69 Å². The summed E-state index contributed by atoms with van der Waals surface area (Å²) in [5.41, 5.74) is 0.0897. The third kappa shape index (κ3) is 3.46. The van der Waals surface area contributed by atoms with Gasteiger partial charge in [-0.05, 0) is 37.1 Å². The maximum Gasteiger partial charge on any atom is 0.282 e. The first-order chi connectivity index (χ1) is 11.5. The predicted octanol–water partition coefficient (Wildman–Crippen LogP) is 3.50. The molecule has 2 heterocycles. The molecule has 0 spiro atoms. The van der Waals surface area contributed by atoms with Crippen molar-refractivity contribution in [2.75, 3.05) is 23.3 Å². The SMILES string of the molecule is O=C(Nc1ccc(N2CCCC2)nc1)c1cc(Cl)ccc1[N+](=O)[O-]. The van der Waals surface area contributed by atoms with Crippen LogP contribution in [0.2, 0.25) is 5.02 Å². The van der Waals surface area contributed by atoms with Crippen LogP contribution in [-0.4, -0.2) is 28.9 Å². The number of hydrogen-bond donors (Lipinski definition) is 1. The lowest BCUT2D eigenvalue weighted by Crippen LogP contribution is -2.19. The van der Waals surface area contributed by atoms with Gasteiger partial charge in [0.05, 0.1) is 16.8 Å². The third-order valence-electron chi connectivity index (χ3n) is 3.84. The van der Waals surface area contributed by atoms with Crippen molar-refractivity contribution in [3.8, 4) is 0 Å². The molecule has 1 amide bonds. The molecule has 24 heavy (non-hydrogen) atoms. The molecule has 0 bridgehead atoms. The first-order valence-corrected chi connectivity index (χ1v) is 7.89. The molecule has 0 unspecified atom stereocenters. The first kappa shape index (κ1) is 16.2. The lowest BCUT2D eigenvalue weighted by atomic mass is 10.1. The van der Waals surface area contributed by atoms with Gasteiger partial charge < -0.3 is 10.2 Å². The Hall–Kier alpha value is -2.67. The summed E-state index contributed by atoms with van der Waals surface area (Å²) in [5, 5.41) is 13.9. The van der Waals surface area contributed by atoms with E-state index in [-0.39, 0.29) is 16.3 Å². The van der Waals surface area contributed by atoms with Gasteiger partial charge in [-0.2, -0.15) is 0 Å².